The van der Waals surface area contributed by atoms with Crippen molar-refractivity contribution in [3.05, 3.63) is 23.8 Å². The van der Waals surface area contributed by atoms with E-state index in [1.165, 1.54) is 0 Å². The van der Waals surface area contributed by atoms with E-state index >= 15 is 0 Å². The number of rotatable bonds is 3. The highest BCUT2D eigenvalue weighted by Crippen LogP contribution is 2.31. The lowest BCUT2D eigenvalue weighted by molar-refractivity contribution is 0.100. The summed E-state index contributed by atoms with van der Waals surface area (Å²) in [4.78, 5) is 15.7. The van der Waals surface area contributed by atoms with Gasteiger partial charge in [0, 0.05) is 24.7 Å². The molecule has 1 aliphatic heterocycles. The first kappa shape index (κ1) is 13.7. The molecule has 0 radical (unpaired) electrons. The third-order valence-electron chi connectivity index (χ3n) is 3.89. The maximum absolute atomic E-state index is 11.3. The van der Waals surface area contributed by atoms with Gasteiger partial charge in [-0.1, -0.05) is 6.92 Å². The number of nitrogens with zero attached hydrogens (tertiary/aromatic N) is 2. The number of carbonyl (C=O) groups excluding carboxylic acids is 1. The number of primary amides is 1. The van der Waals surface area contributed by atoms with Crippen LogP contribution in [0.1, 0.15) is 17.3 Å². The molecule has 1 heterocycles. The highest BCUT2D eigenvalue weighted by Gasteiger charge is 2.31. The number of hydrogen-bond donors (Lipinski definition) is 2. The van der Waals surface area contributed by atoms with Crippen molar-refractivity contribution in [1.82, 2.24) is 4.90 Å². The number of anilines is 2. The molecule has 0 aromatic heterocycles. The minimum Gasteiger partial charge on any atom is -0.397 e. The van der Waals surface area contributed by atoms with E-state index in [1.807, 2.05) is 0 Å². The number of carbonyl (C=O) groups is 1. The summed E-state index contributed by atoms with van der Waals surface area (Å²) in [6.07, 6.45) is 0. The summed E-state index contributed by atoms with van der Waals surface area (Å²) >= 11 is 0. The second kappa shape index (κ2) is 5.09. The summed E-state index contributed by atoms with van der Waals surface area (Å²) in [5.41, 5.74) is 13.5. The number of benzene rings is 1. The van der Waals surface area contributed by atoms with E-state index in [2.05, 4.69) is 30.8 Å². The number of hydrogen-bond acceptors (Lipinski definition) is 4. The summed E-state index contributed by atoms with van der Waals surface area (Å²) in [6.45, 7) is 4.09. The van der Waals surface area contributed by atoms with Gasteiger partial charge in [-0.05, 0) is 38.2 Å². The lowest BCUT2D eigenvalue weighted by Gasteiger charge is -2.23. The largest absolute Gasteiger partial charge is 0.397 e. The SMILES string of the molecule is CC1CN(c2cc(C(N)=O)ccc2N)CC1N(C)C. The average Bonchev–Trinajstić information content (AvgIpc) is 2.71. The van der Waals surface area contributed by atoms with E-state index in [-0.39, 0.29) is 0 Å². The second-order valence-electron chi connectivity index (χ2n) is 5.55. The summed E-state index contributed by atoms with van der Waals surface area (Å²) < 4.78 is 0. The smallest absolute Gasteiger partial charge is 0.248 e. The van der Waals surface area contributed by atoms with Crippen molar-refractivity contribution in [3.63, 3.8) is 0 Å². The van der Waals surface area contributed by atoms with Crippen LogP contribution in [0, 0.1) is 5.92 Å². The Morgan fingerprint density at radius 1 is 1.37 bits per heavy atom. The van der Waals surface area contributed by atoms with Crippen molar-refractivity contribution < 1.29 is 4.79 Å². The van der Waals surface area contributed by atoms with Crippen LogP contribution in [0.15, 0.2) is 18.2 Å². The van der Waals surface area contributed by atoms with Crippen LogP contribution in [0.3, 0.4) is 0 Å². The molecule has 1 saturated heterocycles. The lowest BCUT2D eigenvalue weighted by atomic mass is 10.1. The standard InChI is InChI=1S/C14H22N4O/c1-9-7-18(8-13(9)17(2)3)12-6-10(14(16)19)4-5-11(12)15/h4-6,9,13H,7-8,15H2,1-3H3,(H2,16,19). The Labute approximate surface area is 114 Å². The molecule has 5 heteroatoms. The Morgan fingerprint density at radius 3 is 2.58 bits per heavy atom. The van der Waals surface area contributed by atoms with Crippen LogP contribution >= 0.6 is 0 Å². The fourth-order valence-corrected chi connectivity index (χ4v) is 2.79. The molecule has 104 valence electrons. The van der Waals surface area contributed by atoms with Gasteiger partial charge in [-0.25, -0.2) is 0 Å². The Balaban J connectivity index is 2.28. The van der Waals surface area contributed by atoms with Crippen LogP contribution in [0.5, 0.6) is 0 Å². The molecule has 5 nitrogen and oxygen atoms in total. The minimum absolute atomic E-state index is 0.419. The summed E-state index contributed by atoms with van der Waals surface area (Å²) in [7, 11) is 4.18. The molecule has 0 saturated carbocycles. The van der Waals surface area contributed by atoms with E-state index < -0.39 is 5.91 Å². The molecular formula is C14H22N4O. The second-order valence-corrected chi connectivity index (χ2v) is 5.55. The first-order valence-electron chi connectivity index (χ1n) is 6.51. The monoisotopic (exact) mass is 262 g/mol. The predicted molar refractivity (Wildman–Crippen MR) is 78.2 cm³/mol. The topological polar surface area (TPSA) is 75.6 Å². The number of amides is 1. The van der Waals surface area contributed by atoms with Crippen molar-refractivity contribution in [2.45, 2.75) is 13.0 Å². The molecule has 0 aliphatic carbocycles. The average molecular weight is 262 g/mol. The van der Waals surface area contributed by atoms with Gasteiger partial charge in [0.15, 0.2) is 0 Å². The zero-order valence-corrected chi connectivity index (χ0v) is 11.8. The summed E-state index contributed by atoms with van der Waals surface area (Å²) in [5, 5.41) is 0. The van der Waals surface area contributed by atoms with Crippen molar-refractivity contribution in [3.8, 4) is 0 Å². The first-order chi connectivity index (χ1) is 8.90. The molecule has 0 spiro atoms. The Bertz CT molecular complexity index is 486. The molecular weight excluding hydrogens is 240 g/mol. The fourth-order valence-electron chi connectivity index (χ4n) is 2.79. The molecule has 2 atom stereocenters. The van der Waals surface area contributed by atoms with Crippen LogP contribution in [0.4, 0.5) is 11.4 Å². The summed E-state index contributed by atoms with van der Waals surface area (Å²) in [6, 6.07) is 5.71. The van der Waals surface area contributed by atoms with Gasteiger partial charge in [0.25, 0.3) is 0 Å². The molecule has 2 rings (SSSR count). The third kappa shape index (κ3) is 2.66. The van der Waals surface area contributed by atoms with Gasteiger partial charge < -0.3 is 21.3 Å². The van der Waals surface area contributed by atoms with Gasteiger partial charge in [-0.15, -0.1) is 0 Å². The van der Waals surface area contributed by atoms with Gasteiger partial charge in [0.1, 0.15) is 0 Å². The van der Waals surface area contributed by atoms with Gasteiger partial charge in [-0.3, -0.25) is 4.79 Å². The Morgan fingerprint density at radius 2 is 2.05 bits per heavy atom. The maximum Gasteiger partial charge on any atom is 0.248 e. The van der Waals surface area contributed by atoms with Crippen molar-refractivity contribution in [2.75, 3.05) is 37.8 Å². The van der Waals surface area contributed by atoms with Gasteiger partial charge >= 0.3 is 0 Å². The van der Waals surface area contributed by atoms with Crippen LogP contribution in [-0.2, 0) is 0 Å². The normalized spacial score (nSPS) is 23.1. The van der Waals surface area contributed by atoms with Crippen LogP contribution in [0.2, 0.25) is 0 Å². The molecule has 1 aliphatic rings. The third-order valence-corrected chi connectivity index (χ3v) is 3.89. The molecule has 1 aromatic carbocycles. The van der Waals surface area contributed by atoms with Crippen LogP contribution < -0.4 is 16.4 Å². The van der Waals surface area contributed by atoms with Gasteiger partial charge in [0.05, 0.1) is 11.4 Å². The number of nitrogens with two attached hydrogens (primary N) is 2. The summed E-state index contributed by atoms with van der Waals surface area (Å²) in [5.74, 6) is 0.143. The molecule has 1 fully saturated rings. The van der Waals surface area contributed by atoms with E-state index in [0.717, 1.165) is 18.8 Å². The molecule has 2 unspecified atom stereocenters. The molecule has 0 bridgehead atoms. The molecule has 19 heavy (non-hydrogen) atoms. The van der Waals surface area contributed by atoms with Crippen LogP contribution in [-0.4, -0.2) is 44.0 Å². The zero-order valence-electron chi connectivity index (χ0n) is 11.8. The van der Waals surface area contributed by atoms with Gasteiger partial charge in [-0.2, -0.15) is 0 Å². The van der Waals surface area contributed by atoms with Crippen molar-refractivity contribution in [1.29, 1.82) is 0 Å². The highest BCUT2D eigenvalue weighted by atomic mass is 16.1. The number of likely N-dealkylation sites (N-methyl/N-ethyl adjacent to an activating group) is 1. The Hall–Kier alpha value is -1.75. The lowest BCUT2D eigenvalue weighted by Crippen LogP contribution is -2.34. The molecule has 1 aromatic rings. The highest BCUT2D eigenvalue weighted by molar-refractivity contribution is 5.95. The Kier molecular flexibility index (Phi) is 3.66. The van der Waals surface area contributed by atoms with Crippen molar-refractivity contribution >= 4 is 17.3 Å². The predicted octanol–water partition coefficient (Wildman–Crippen LogP) is 0.754. The molecule has 4 N–H and O–H groups in total. The maximum atomic E-state index is 11.3. The van der Waals surface area contributed by atoms with Crippen molar-refractivity contribution in [2.24, 2.45) is 11.7 Å². The quantitative estimate of drug-likeness (QED) is 0.788. The van der Waals surface area contributed by atoms with E-state index in [9.17, 15) is 4.79 Å². The number of nitrogen functional groups attached to an aromatic ring is 1. The fraction of sp³-hybridized carbons (Fsp3) is 0.500. The van der Waals surface area contributed by atoms with E-state index in [4.69, 9.17) is 11.5 Å². The minimum atomic E-state index is -0.419. The van der Waals surface area contributed by atoms with E-state index in [0.29, 0.717) is 23.2 Å². The van der Waals surface area contributed by atoms with E-state index in [1.54, 1.807) is 18.2 Å². The zero-order chi connectivity index (χ0) is 14.2. The molecule has 1 amide bonds. The van der Waals surface area contributed by atoms with Gasteiger partial charge in [0.2, 0.25) is 5.91 Å². The van der Waals surface area contributed by atoms with Crippen LogP contribution in [0.25, 0.3) is 0 Å². The first-order valence-corrected chi connectivity index (χ1v) is 6.51.